The van der Waals surface area contributed by atoms with E-state index in [1.54, 1.807) is 11.7 Å². The van der Waals surface area contributed by atoms with Crippen LogP contribution >= 0.6 is 11.3 Å². The molecule has 3 aromatic heterocycles. The molecular formula is C27H30N4O6S. The van der Waals surface area contributed by atoms with Gasteiger partial charge in [0, 0.05) is 18.7 Å². The lowest BCUT2D eigenvalue weighted by atomic mass is 10.1. The van der Waals surface area contributed by atoms with Gasteiger partial charge in [-0.05, 0) is 37.8 Å². The summed E-state index contributed by atoms with van der Waals surface area (Å²) in [7, 11) is 1.59. The van der Waals surface area contributed by atoms with Crippen LogP contribution < -0.4 is 21.3 Å². The van der Waals surface area contributed by atoms with E-state index in [4.69, 9.17) is 13.9 Å². The van der Waals surface area contributed by atoms with Gasteiger partial charge in [-0.25, -0.2) is 14.3 Å². The van der Waals surface area contributed by atoms with Crippen LogP contribution in [0, 0.1) is 6.92 Å². The summed E-state index contributed by atoms with van der Waals surface area (Å²) in [6.07, 6.45) is 4.33. The average Bonchev–Trinajstić information content (AvgIpc) is 3.57. The second-order valence-corrected chi connectivity index (χ2v) is 10.2. The van der Waals surface area contributed by atoms with E-state index in [1.807, 2.05) is 38.1 Å². The van der Waals surface area contributed by atoms with E-state index in [1.165, 1.54) is 23.8 Å². The highest BCUT2D eigenvalue weighted by atomic mass is 32.1. The van der Waals surface area contributed by atoms with Crippen LogP contribution in [-0.4, -0.2) is 40.3 Å². The summed E-state index contributed by atoms with van der Waals surface area (Å²) in [6.45, 7) is 4.93. The number of nitrogens with one attached hydrogen (secondary N) is 1. The van der Waals surface area contributed by atoms with Crippen LogP contribution in [0.3, 0.4) is 0 Å². The number of hydrogen-bond acceptors (Lipinski definition) is 8. The van der Waals surface area contributed by atoms with Crippen LogP contribution in [0.25, 0.3) is 21.0 Å². The molecule has 38 heavy (non-hydrogen) atoms. The van der Waals surface area contributed by atoms with Gasteiger partial charge in [0.05, 0.1) is 30.1 Å². The SMILES string of the molecule is CCCO[C@@H](Cn1c(=O)n([C@@H]2CCCNC2=O)c(=O)c2c(C)c(-c3ncco3)sc21)c1ccccc1OC. The molecule has 1 aliphatic heterocycles. The van der Waals surface area contributed by atoms with E-state index in [0.717, 1.165) is 16.6 Å². The standard InChI is InChI=1S/C27H30N4O6S/c1-4-13-36-20(17-8-5-6-10-19(17)35-3)15-30-26-21(16(2)22(38-26)24-29-12-14-37-24)25(33)31(27(30)34)18-9-7-11-28-23(18)32/h5-6,8,10,12,14,18,20H,4,7,9,11,13,15H2,1-3H3,(H,28,32)/t18-,20+/m1/s1. The van der Waals surface area contributed by atoms with E-state index in [2.05, 4.69) is 10.3 Å². The summed E-state index contributed by atoms with van der Waals surface area (Å²) >= 11 is 1.27. The number of piperidine rings is 1. The number of methoxy groups -OCH3 is 1. The van der Waals surface area contributed by atoms with Gasteiger partial charge < -0.3 is 19.2 Å². The van der Waals surface area contributed by atoms with E-state index >= 15 is 0 Å². The Hall–Kier alpha value is -3.70. The minimum absolute atomic E-state index is 0.120. The maximum absolute atomic E-state index is 14.1. The third-order valence-corrected chi connectivity index (χ3v) is 8.10. The Balaban J connectivity index is 1.75. The number of fused-ring (bicyclic) bond motifs is 1. The zero-order valence-corrected chi connectivity index (χ0v) is 22.4. The number of aryl methyl sites for hydroxylation is 1. The van der Waals surface area contributed by atoms with Gasteiger partial charge in [-0.1, -0.05) is 25.1 Å². The predicted molar refractivity (Wildman–Crippen MR) is 144 cm³/mol. The van der Waals surface area contributed by atoms with Gasteiger partial charge in [0.2, 0.25) is 11.8 Å². The van der Waals surface area contributed by atoms with Crippen LogP contribution in [0.1, 0.15) is 49.5 Å². The first-order valence-electron chi connectivity index (χ1n) is 12.7. The summed E-state index contributed by atoms with van der Waals surface area (Å²) in [5.41, 5.74) is 0.403. The number of thiophene rings is 1. The van der Waals surface area contributed by atoms with Crippen LogP contribution in [0.5, 0.6) is 5.75 Å². The summed E-state index contributed by atoms with van der Waals surface area (Å²) in [5.74, 6) is 0.680. The minimum Gasteiger partial charge on any atom is -0.496 e. The van der Waals surface area contributed by atoms with E-state index in [-0.39, 0.29) is 12.5 Å². The minimum atomic E-state index is -0.884. The third-order valence-electron chi connectivity index (χ3n) is 6.79. The molecule has 4 heterocycles. The Bertz CT molecular complexity index is 1570. The normalized spacial score (nSPS) is 16.5. The highest BCUT2D eigenvalue weighted by Crippen LogP contribution is 2.37. The number of ether oxygens (including phenoxy) is 2. The van der Waals surface area contributed by atoms with E-state index in [9.17, 15) is 14.4 Å². The number of aromatic nitrogens is 3. The highest BCUT2D eigenvalue weighted by molar-refractivity contribution is 7.22. The fourth-order valence-corrected chi connectivity index (χ4v) is 6.18. The van der Waals surface area contributed by atoms with Crippen molar-refractivity contribution < 1.29 is 18.7 Å². The number of carbonyl (C=O) groups is 1. The molecule has 1 aliphatic rings. The zero-order chi connectivity index (χ0) is 26.8. The number of hydrogen-bond donors (Lipinski definition) is 1. The van der Waals surface area contributed by atoms with Crippen molar-refractivity contribution in [1.29, 1.82) is 0 Å². The molecular weight excluding hydrogens is 508 g/mol. The molecule has 2 atom stereocenters. The summed E-state index contributed by atoms with van der Waals surface area (Å²) in [5, 5.41) is 3.16. The average molecular weight is 539 g/mol. The molecule has 4 aromatic rings. The molecule has 11 heteroatoms. The van der Waals surface area contributed by atoms with Crippen LogP contribution in [0.4, 0.5) is 0 Å². The molecule has 1 saturated heterocycles. The predicted octanol–water partition coefficient (Wildman–Crippen LogP) is 3.82. The Morgan fingerprint density at radius 3 is 2.79 bits per heavy atom. The second-order valence-electron chi connectivity index (χ2n) is 9.19. The first-order valence-corrected chi connectivity index (χ1v) is 13.5. The quantitative estimate of drug-likeness (QED) is 0.344. The van der Waals surface area contributed by atoms with Gasteiger partial charge in [0.25, 0.3) is 5.56 Å². The lowest BCUT2D eigenvalue weighted by molar-refractivity contribution is -0.126. The lowest BCUT2D eigenvalue weighted by Gasteiger charge is -2.26. The molecule has 0 aliphatic carbocycles. The van der Waals surface area contributed by atoms with Crippen LogP contribution in [0.15, 0.2) is 50.7 Å². The molecule has 10 nitrogen and oxygen atoms in total. The molecule has 1 amide bonds. The molecule has 5 rings (SSSR count). The Morgan fingerprint density at radius 1 is 1.26 bits per heavy atom. The van der Waals surface area contributed by atoms with Gasteiger partial charge in [-0.15, -0.1) is 11.3 Å². The fourth-order valence-electron chi connectivity index (χ4n) is 4.94. The van der Waals surface area contributed by atoms with Gasteiger partial charge in [0.1, 0.15) is 29.0 Å². The maximum atomic E-state index is 14.1. The van der Waals surface area contributed by atoms with Gasteiger partial charge in [0.15, 0.2) is 0 Å². The Labute approximate surface area is 222 Å². The first-order chi connectivity index (χ1) is 18.5. The van der Waals surface area contributed by atoms with Crippen molar-refractivity contribution >= 4 is 27.5 Å². The Kier molecular flexibility index (Phi) is 7.48. The number of amides is 1. The van der Waals surface area contributed by atoms with Crippen molar-refractivity contribution in [1.82, 2.24) is 19.4 Å². The molecule has 0 spiro atoms. The summed E-state index contributed by atoms with van der Waals surface area (Å²) < 4.78 is 20.0. The van der Waals surface area contributed by atoms with Gasteiger partial charge in [-0.3, -0.25) is 14.2 Å². The third kappa shape index (κ3) is 4.56. The van der Waals surface area contributed by atoms with Crippen LogP contribution in [0.2, 0.25) is 0 Å². The highest BCUT2D eigenvalue weighted by Gasteiger charge is 2.31. The van der Waals surface area contributed by atoms with Crippen molar-refractivity contribution in [3.05, 3.63) is 68.7 Å². The maximum Gasteiger partial charge on any atom is 0.332 e. The number of carbonyl (C=O) groups excluding carboxylic acids is 1. The topological polar surface area (TPSA) is 118 Å². The van der Waals surface area contributed by atoms with E-state index < -0.39 is 23.4 Å². The molecule has 0 radical (unpaired) electrons. The zero-order valence-electron chi connectivity index (χ0n) is 21.6. The molecule has 0 bridgehead atoms. The van der Waals surface area contributed by atoms with Crippen molar-refractivity contribution in [2.24, 2.45) is 0 Å². The summed E-state index contributed by atoms with van der Waals surface area (Å²) in [6, 6.07) is 6.63. The number of benzene rings is 1. The van der Waals surface area contributed by atoms with Crippen molar-refractivity contribution in [3.63, 3.8) is 0 Å². The largest absolute Gasteiger partial charge is 0.496 e. The molecule has 0 saturated carbocycles. The second kappa shape index (κ2) is 11.0. The molecule has 0 unspecified atom stereocenters. The lowest BCUT2D eigenvalue weighted by Crippen LogP contribution is -2.49. The van der Waals surface area contributed by atoms with Crippen molar-refractivity contribution in [2.45, 2.75) is 51.8 Å². The van der Waals surface area contributed by atoms with Gasteiger partial charge >= 0.3 is 5.69 Å². The van der Waals surface area contributed by atoms with Crippen molar-refractivity contribution in [3.8, 4) is 16.5 Å². The number of oxazole rings is 1. The monoisotopic (exact) mass is 538 g/mol. The molecule has 1 aromatic carbocycles. The first kappa shape index (κ1) is 25.9. The number of rotatable bonds is 9. The number of para-hydroxylation sites is 1. The molecule has 1 fully saturated rings. The molecule has 200 valence electrons. The van der Waals surface area contributed by atoms with Crippen molar-refractivity contribution in [2.75, 3.05) is 20.3 Å². The van der Waals surface area contributed by atoms with E-state index in [0.29, 0.717) is 58.3 Å². The summed E-state index contributed by atoms with van der Waals surface area (Å²) in [4.78, 5) is 46.1. The van der Waals surface area contributed by atoms with Gasteiger partial charge in [-0.2, -0.15) is 0 Å². The Morgan fingerprint density at radius 2 is 2.08 bits per heavy atom. The van der Waals surface area contributed by atoms with Crippen LogP contribution in [-0.2, 0) is 16.1 Å². The smallest absolute Gasteiger partial charge is 0.332 e. The number of nitrogens with zero attached hydrogens (tertiary/aromatic N) is 3. The molecule has 1 N–H and O–H groups in total. The fraction of sp³-hybridized carbons (Fsp3) is 0.407.